The van der Waals surface area contributed by atoms with Crippen LogP contribution in [-0.4, -0.2) is 39.1 Å². The summed E-state index contributed by atoms with van der Waals surface area (Å²) in [6.07, 6.45) is 4.03. The van der Waals surface area contributed by atoms with Gasteiger partial charge in [0.2, 0.25) is 0 Å². The number of aliphatic carboxylic acids is 1. The second kappa shape index (κ2) is 5.36. The molecule has 1 N–H and O–H groups in total. The van der Waals surface area contributed by atoms with E-state index in [4.69, 9.17) is 0 Å². The van der Waals surface area contributed by atoms with Crippen LogP contribution in [0.25, 0.3) is 11.4 Å². The first kappa shape index (κ1) is 14.4. The van der Waals surface area contributed by atoms with Gasteiger partial charge in [0.25, 0.3) is 0 Å². The van der Waals surface area contributed by atoms with Gasteiger partial charge < -0.3 is 10.0 Å². The molecular weight excluding hydrogens is 280 g/mol. The predicted octanol–water partition coefficient (Wildman–Crippen LogP) is 2.15. The van der Waals surface area contributed by atoms with E-state index < -0.39 is 11.4 Å². The van der Waals surface area contributed by atoms with Gasteiger partial charge in [-0.25, -0.2) is 9.97 Å². The summed E-state index contributed by atoms with van der Waals surface area (Å²) in [5, 5.41) is 9.36. The molecule has 1 aliphatic rings. The van der Waals surface area contributed by atoms with Crippen LogP contribution in [0.3, 0.4) is 0 Å². The minimum atomic E-state index is -0.755. The van der Waals surface area contributed by atoms with E-state index in [2.05, 4.69) is 15.0 Å². The predicted molar refractivity (Wildman–Crippen MR) is 82.6 cm³/mol. The van der Waals surface area contributed by atoms with Gasteiger partial charge in [-0.1, -0.05) is 0 Å². The fourth-order valence-electron chi connectivity index (χ4n) is 2.68. The highest BCUT2D eigenvalue weighted by Crippen LogP contribution is 2.33. The zero-order valence-corrected chi connectivity index (χ0v) is 12.7. The topological polar surface area (TPSA) is 79.2 Å². The first-order valence-electron chi connectivity index (χ1n) is 7.22. The fourth-order valence-corrected chi connectivity index (χ4v) is 2.68. The van der Waals surface area contributed by atoms with Crippen LogP contribution in [0.15, 0.2) is 30.6 Å². The summed E-state index contributed by atoms with van der Waals surface area (Å²) < 4.78 is 0. The zero-order chi connectivity index (χ0) is 15.7. The number of carboxylic acids is 1. The molecule has 1 atom stereocenters. The molecule has 0 amide bonds. The highest BCUT2D eigenvalue weighted by Gasteiger charge is 2.41. The lowest BCUT2D eigenvalue weighted by Gasteiger charge is -2.21. The zero-order valence-electron chi connectivity index (χ0n) is 12.7. The molecule has 114 valence electrons. The van der Waals surface area contributed by atoms with E-state index >= 15 is 0 Å². The lowest BCUT2D eigenvalue weighted by atomic mass is 9.90. The summed E-state index contributed by atoms with van der Waals surface area (Å²) >= 11 is 0. The number of aryl methyl sites for hydroxylation is 1. The Morgan fingerprint density at radius 1 is 1.32 bits per heavy atom. The Labute approximate surface area is 128 Å². The average Bonchev–Trinajstić information content (AvgIpc) is 2.92. The van der Waals surface area contributed by atoms with Crippen molar-refractivity contribution in [1.82, 2.24) is 15.0 Å². The van der Waals surface area contributed by atoms with Gasteiger partial charge in [-0.3, -0.25) is 9.78 Å². The standard InChI is InChI=1S/C16H18N4O2/c1-11-9-13(20-8-5-16(2,10-20)15(21)22)19-14(18-11)12-3-6-17-7-4-12/h3-4,6-7,9H,5,8,10H2,1-2H3,(H,21,22). The minimum absolute atomic E-state index is 0.467. The molecule has 3 rings (SSSR count). The number of hydrogen-bond donors (Lipinski definition) is 1. The van der Waals surface area contributed by atoms with Gasteiger partial charge in [0.15, 0.2) is 5.82 Å². The van der Waals surface area contributed by atoms with Crippen LogP contribution in [0.5, 0.6) is 0 Å². The summed E-state index contributed by atoms with van der Waals surface area (Å²) in [5.41, 5.74) is 1.05. The van der Waals surface area contributed by atoms with E-state index in [0.717, 1.165) is 17.1 Å². The first-order valence-corrected chi connectivity index (χ1v) is 7.22. The van der Waals surface area contributed by atoms with Crippen molar-refractivity contribution in [2.75, 3.05) is 18.0 Å². The van der Waals surface area contributed by atoms with Crippen molar-refractivity contribution in [3.63, 3.8) is 0 Å². The molecule has 1 unspecified atom stereocenters. The Balaban J connectivity index is 1.93. The van der Waals surface area contributed by atoms with Gasteiger partial charge in [0, 0.05) is 42.8 Å². The number of rotatable bonds is 3. The van der Waals surface area contributed by atoms with E-state index in [1.807, 2.05) is 30.0 Å². The minimum Gasteiger partial charge on any atom is -0.481 e. The van der Waals surface area contributed by atoms with Crippen LogP contribution >= 0.6 is 0 Å². The van der Waals surface area contributed by atoms with Crippen LogP contribution in [0.1, 0.15) is 19.0 Å². The van der Waals surface area contributed by atoms with Crippen molar-refractivity contribution in [2.45, 2.75) is 20.3 Å². The number of pyridine rings is 1. The molecule has 2 aromatic rings. The van der Waals surface area contributed by atoms with Crippen LogP contribution in [0.2, 0.25) is 0 Å². The number of anilines is 1. The van der Waals surface area contributed by atoms with Crippen molar-refractivity contribution < 1.29 is 9.90 Å². The van der Waals surface area contributed by atoms with Gasteiger partial charge in [-0.15, -0.1) is 0 Å². The summed E-state index contributed by atoms with van der Waals surface area (Å²) in [4.78, 5) is 26.5. The maximum atomic E-state index is 11.4. The number of carbonyl (C=O) groups is 1. The summed E-state index contributed by atoms with van der Waals surface area (Å²) in [6, 6.07) is 5.63. The van der Waals surface area contributed by atoms with Gasteiger partial charge >= 0.3 is 5.97 Å². The van der Waals surface area contributed by atoms with Crippen molar-refractivity contribution >= 4 is 11.8 Å². The van der Waals surface area contributed by atoms with Crippen LogP contribution in [0.4, 0.5) is 5.82 Å². The van der Waals surface area contributed by atoms with E-state index in [1.165, 1.54) is 0 Å². The first-order chi connectivity index (χ1) is 10.5. The lowest BCUT2D eigenvalue weighted by molar-refractivity contribution is -0.146. The van der Waals surface area contributed by atoms with E-state index in [1.54, 1.807) is 19.3 Å². The van der Waals surface area contributed by atoms with Crippen molar-refractivity contribution in [1.29, 1.82) is 0 Å². The second-order valence-electron chi connectivity index (χ2n) is 5.96. The third-order valence-electron chi connectivity index (χ3n) is 4.09. The maximum Gasteiger partial charge on any atom is 0.311 e. The Morgan fingerprint density at radius 2 is 2.05 bits per heavy atom. The Hall–Kier alpha value is -2.50. The molecule has 1 saturated heterocycles. The van der Waals surface area contributed by atoms with Crippen LogP contribution < -0.4 is 4.90 Å². The molecule has 0 saturated carbocycles. The van der Waals surface area contributed by atoms with E-state index in [9.17, 15) is 9.90 Å². The molecule has 0 aromatic carbocycles. The van der Waals surface area contributed by atoms with Gasteiger partial charge in [-0.2, -0.15) is 0 Å². The molecular formula is C16H18N4O2. The molecule has 6 heteroatoms. The fraction of sp³-hybridized carbons (Fsp3) is 0.375. The summed E-state index contributed by atoms with van der Waals surface area (Å²) in [7, 11) is 0. The third-order valence-corrected chi connectivity index (χ3v) is 4.09. The molecule has 0 spiro atoms. The number of nitrogens with zero attached hydrogens (tertiary/aromatic N) is 4. The quantitative estimate of drug-likeness (QED) is 0.935. The van der Waals surface area contributed by atoms with Crippen molar-refractivity contribution in [3.8, 4) is 11.4 Å². The molecule has 1 fully saturated rings. The number of hydrogen-bond acceptors (Lipinski definition) is 5. The van der Waals surface area contributed by atoms with Crippen LogP contribution in [0, 0.1) is 12.3 Å². The highest BCUT2D eigenvalue weighted by atomic mass is 16.4. The summed E-state index contributed by atoms with van der Waals surface area (Å²) in [6.45, 7) is 4.86. The molecule has 0 bridgehead atoms. The van der Waals surface area contributed by atoms with Gasteiger partial charge in [0.05, 0.1) is 5.41 Å². The second-order valence-corrected chi connectivity index (χ2v) is 5.96. The normalized spacial score (nSPS) is 21.1. The maximum absolute atomic E-state index is 11.4. The Kier molecular flexibility index (Phi) is 3.52. The monoisotopic (exact) mass is 298 g/mol. The van der Waals surface area contributed by atoms with E-state index in [-0.39, 0.29) is 0 Å². The van der Waals surface area contributed by atoms with Crippen molar-refractivity contribution in [3.05, 3.63) is 36.3 Å². The molecule has 0 radical (unpaired) electrons. The lowest BCUT2D eigenvalue weighted by Crippen LogP contribution is -2.32. The molecule has 2 aromatic heterocycles. The highest BCUT2D eigenvalue weighted by molar-refractivity contribution is 5.76. The molecule has 6 nitrogen and oxygen atoms in total. The van der Waals surface area contributed by atoms with Crippen LogP contribution in [-0.2, 0) is 4.79 Å². The molecule has 0 aliphatic carbocycles. The SMILES string of the molecule is Cc1cc(N2CCC(C)(C(=O)O)C2)nc(-c2ccncc2)n1. The Morgan fingerprint density at radius 3 is 2.68 bits per heavy atom. The van der Waals surface area contributed by atoms with Gasteiger partial charge in [-0.05, 0) is 32.4 Å². The average molecular weight is 298 g/mol. The Bertz CT molecular complexity index is 705. The molecule has 22 heavy (non-hydrogen) atoms. The molecule has 3 heterocycles. The number of carboxylic acid groups (broad SMARTS) is 1. The van der Waals surface area contributed by atoms with Gasteiger partial charge in [0.1, 0.15) is 5.82 Å². The summed E-state index contributed by atoms with van der Waals surface area (Å²) in [5.74, 6) is 0.667. The smallest absolute Gasteiger partial charge is 0.311 e. The number of aromatic nitrogens is 3. The molecule has 1 aliphatic heterocycles. The largest absolute Gasteiger partial charge is 0.481 e. The van der Waals surface area contributed by atoms with Crippen molar-refractivity contribution in [2.24, 2.45) is 5.41 Å². The third kappa shape index (κ3) is 2.64. The van der Waals surface area contributed by atoms with E-state index in [0.29, 0.717) is 25.3 Å².